The molecule has 122 valence electrons. The third-order valence-corrected chi connectivity index (χ3v) is 3.22. The highest BCUT2D eigenvalue weighted by molar-refractivity contribution is 5.93. The van der Waals surface area contributed by atoms with Crippen LogP contribution in [0.5, 0.6) is 5.75 Å². The van der Waals surface area contributed by atoms with Crippen LogP contribution in [0.3, 0.4) is 0 Å². The molecule has 0 aliphatic heterocycles. The molecule has 0 saturated carbocycles. The Morgan fingerprint density at radius 3 is 2.78 bits per heavy atom. The van der Waals surface area contributed by atoms with Crippen molar-refractivity contribution in [1.29, 1.82) is 0 Å². The number of rotatable bonds is 7. The largest absolute Gasteiger partial charge is 0.495 e. The van der Waals surface area contributed by atoms with E-state index >= 15 is 0 Å². The van der Waals surface area contributed by atoms with Gasteiger partial charge in [0.2, 0.25) is 0 Å². The molecule has 2 aromatic rings. The highest BCUT2D eigenvalue weighted by atomic mass is 16.5. The Balaban J connectivity index is 2.14. The maximum Gasteiger partial charge on any atom is 0.270 e. The number of carbonyl (C=O) groups excluding carboxylic acids is 1. The number of methoxy groups -OCH3 is 2. The summed E-state index contributed by atoms with van der Waals surface area (Å²) in [7, 11) is 3.21. The molecule has 1 aromatic heterocycles. The van der Waals surface area contributed by atoms with Gasteiger partial charge in [-0.05, 0) is 36.8 Å². The van der Waals surface area contributed by atoms with Crippen molar-refractivity contribution in [3.8, 4) is 5.75 Å². The van der Waals surface area contributed by atoms with Crippen molar-refractivity contribution in [2.75, 3.05) is 32.7 Å². The van der Waals surface area contributed by atoms with Crippen LogP contribution in [0, 0.1) is 6.92 Å². The molecule has 0 unspecified atom stereocenters. The monoisotopic (exact) mass is 315 g/mol. The molecule has 6 nitrogen and oxygen atoms in total. The number of hydrogen-bond acceptors (Lipinski definition) is 5. The smallest absolute Gasteiger partial charge is 0.270 e. The highest BCUT2D eigenvalue weighted by Gasteiger charge is 2.09. The molecule has 1 heterocycles. The van der Waals surface area contributed by atoms with Gasteiger partial charge in [0.25, 0.3) is 5.91 Å². The highest BCUT2D eigenvalue weighted by Crippen LogP contribution is 2.28. The van der Waals surface area contributed by atoms with Gasteiger partial charge in [-0.25, -0.2) is 0 Å². The Kier molecular flexibility index (Phi) is 5.94. The van der Waals surface area contributed by atoms with Gasteiger partial charge in [-0.15, -0.1) is 0 Å². The van der Waals surface area contributed by atoms with Crippen molar-refractivity contribution in [3.63, 3.8) is 0 Å². The third-order valence-electron chi connectivity index (χ3n) is 3.22. The molecule has 6 heteroatoms. The number of aromatic nitrogens is 1. The predicted octanol–water partition coefficient (Wildman–Crippen LogP) is 2.52. The van der Waals surface area contributed by atoms with Gasteiger partial charge in [0.05, 0.1) is 19.4 Å². The predicted molar refractivity (Wildman–Crippen MR) is 89.5 cm³/mol. The molecular formula is C17H21N3O3. The van der Waals surface area contributed by atoms with Gasteiger partial charge in [-0.2, -0.15) is 0 Å². The van der Waals surface area contributed by atoms with E-state index in [1.54, 1.807) is 32.5 Å². The summed E-state index contributed by atoms with van der Waals surface area (Å²) >= 11 is 0. The van der Waals surface area contributed by atoms with E-state index in [0.29, 0.717) is 18.8 Å². The fourth-order valence-corrected chi connectivity index (χ4v) is 2.06. The summed E-state index contributed by atoms with van der Waals surface area (Å²) in [5, 5.41) is 6.00. The molecule has 0 radical (unpaired) electrons. The molecule has 2 rings (SSSR count). The Bertz CT molecular complexity index is 674. The van der Waals surface area contributed by atoms with Crippen LogP contribution in [0.4, 0.5) is 11.4 Å². The van der Waals surface area contributed by atoms with Gasteiger partial charge in [0.15, 0.2) is 0 Å². The minimum atomic E-state index is -0.234. The number of nitrogens with zero attached hydrogens (tertiary/aromatic N) is 1. The molecule has 0 aliphatic carbocycles. The SMILES string of the molecule is COCCNC(=O)c1cc(Nc2cc(C)ccc2OC)ccn1. The van der Waals surface area contributed by atoms with E-state index in [0.717, 1.165) is 22.7 Å². The molecule has 0 aliphatic rings. The van der Waals surface area contributed by atoms with E-state index in [2.05, 4.69) is 15.6 Å². The lowest BCUT2D eigenvalue weighted by Gasteiger charge is -2.12. The Labute approximate surface area is 135 Å². The molecule has 23 heavy (non-hydrogen) atoms. The van der Waals surface area contributed by atoms with Crippen molar-refractivity contribution in [1.82, 2.24) is 10.3 Å². The zero-order chi connectivity index (χ0) is 16.7. The molecule has 0 bridgehead atoms. The standard InChI is InChI=1S/C17H21N3O3/c1-12-4-5-16(23-3)14(10-12)20-13-6-7-18-15(11-13)17(21)19-8-9-22-2/h4-7,10-11H,8-9H2,1-3H3,(H,18,20)(H,19,21). The molecule has 0 fully saturated rings. The first-order valence-electron chi connectivity index (χ1n) is 7.29. The summed E-state index contributed by atoms with van der Waals surface area (Å²) in [6.45, 7) is 2.91. The number of ether oxygens (including phenoxy) is 2. The van der Waals surface area contributed by atoms with E-state index in [1.165, 1.54) is 0 Å². The first-order chi connectivity index (χ1) is 11.1. The van der Waals surface area contributed by atoms with Gasteiger partial charge in [-0.1, -0.05) is 6.07 Å². The Morgan fingerprint density at radius 2 is 2.04 bits per heavy atom. The minimum Gasteiger partial charge on any atom is -0.495 e. The summed E-state index contributed by atoms with van der Waals surface area (Å²) in [5.41, 5.74) is 3.06. The zero-order valence-corrected chi connectivity index (χ0v) is 13.6. The van der Waals surface area contributed by atoms with E-state index in [4.69, 9.17) is 9.47 Å². The van der Waals surface area contributed by atoms with Crippen LogP contribution < -0.4 is 15.4 Å². The average molecular weight is 315 g/mol. The van der Waals surface area contributed by atoms with E-state index in [1.807, 2.05) is 25.1 Å². The Morgan fingerprint density at radius 1 is 1.22 bits per heavy atom. The summed E-state index contributed by atoms with van der Waals surface area (Å²) in [6.07, 6.45) is 1.59. The van der Waals surface area contributed by atoms with Crippen LogP contribution in [0.25, 0.3) is 0 Å². The van der Waals surface area contributed by atoms with Crippen LogP contribution in [0.1, 0.15) is 16.1 Å². The van der Waals surface area contributed by atoms with E-state index in [-0.39, 0.29) is 5.91 Å². The lowest BCUT2D eigenvalue weighted by Crippen LogP contribution is -2.27. The van der Waals surface area contributed by atoms with Crippen molar-refractivity contribution in [3.05, 3.63) is 47.8 Å². The lowest BCUT2D eigenvalue weighted by molar-refractivity contribution is 0.0932. The van der Waals surface area contributed by atoms with Crippen LogP contribution in [-0.2, 0) is 4.74 Å². The maximum atomic E-state index is 12.0. The minimum absolute atomic E-state index is 0.234. The zero-order valence-electron chi connectivity index (χ0n) is 13.6. The first kappa shape index (κ1) is 16.8. The van der Waals surface area contributed by atoms with Crippen molar-refractivity contribution in [2.24, 2.45) is 0 Å². The third kappa shape index (κ3) is 4.69. The van der Waals surface area contributed by atoms with Crippen LogP contribution in [0.15, 0.2) is 36.5 Å². The van der Waals surface area contributed by atoms with Crippen LogP contribution >= 0.6 is 0 Å². The number of nitrogens with one attached hydrogen (secondary N) is 2. The molecule has 0 saturated heterocycles. The summed E-state index contributed by atoms with van der Waals surface area (Å²) in [6, 6.07) is 9.36. The second-order valence-electron chi connectivity index (χ2n) is 5.01. The topological polar surface area (TPSA) is 72.5 Å². The van der Waals surface area contributed by atoms with Gasteiger partial charge in [-0.3, -0.25) is 9.78 Å². The van der Waals surface area contributed by atoms with Crippen LogP contribution in [0.2, 0.25) is 0 Å². The van der Waals surface area contributed by atoms with Gasteiger partial charge < -0.3 is 20.1 Å². The summed E-state index contributed by atoms with van der Waals surface area (Å²) in [5.74, 6) is 0.500. The van der Waals surface area contributed by atoms with Crippen molar-refractivity contribution >= 4 is 17.3 Å². The van der Waals surface area contributed by atoms with Crippen LogP contribution in [-0.4, -0.2) is 38.3 Å². The van der Waals surface area contributed by atoms with Gasteiger partial charge >= 0.3 is 0 Å². The number of pyridine rings is 1. The number of anilines is 2. The molecule has 2 N–H and O–H groups in total. The second kappa shape index (κ2) is 8.14. The molecule has 1 aromatic carbocycles. The average Bonchev–Trinajstić information content (AvgIpc) is 2.55. The number of amides is 1. The first-order valence-corrected chi connectivity index (χ1v) is 7.29. The van der Waals surface area contributed by atoms with Gasteiger partial charge in [0, 0.05) is 25.5 Å². The fraction of sp³-hybridized carbons (Fsp3) is 0.294. The number of benzene rings is 1. The molecule has 0 spiro atoms. The Hall–Kier alpha value is -2.60. The van der Waals surface area contributed by atoms with Crippen molar-refractivity contribution < 1.29 is 14.3 Å². The quantitative estimate of drug-likeness (QED) is 0.768. The van der Waals surface area contributed by atoms with E-state index < -0.39 is 0 Å². The second-order valence-corrected chi connectivity index (χ2v) is 5.01. The molecule has 1 amide bonds. The number of hydrogen-bond donors (Lipinski definition) is 2. The van der Waals surface area contributed by atoms with Crippen molar-refractivity contribution in [2.45, 2.75) is 6.92 Å². The molecular weight excluding hydrogens is 294 g/mol. The fourth-order valence-electron chi connectivity index (χ4n) is 2.06. The van der Waals surface area contributed by atoms with E-state index in [9.17, 15) is 4.79 Å². The summed E-state index contributed by atoms with van der Waals surface area (Å²) < 4.78 is 10.3. The lowest BCUT2D eigenvalue weighted by atomic mass is 10.2. The maximum absolute atomic E-state index is 12.0. The molecule has 0 atom stereocenters. The number of aryl methyl sites for hydroxylation is 1. The normalized spacial score (nSPS) is 10.2. The number of carbonyl (C=O) groups is 1. The summed E-state index contributed by atoms with van der Waals surface area (Å²) in [4.78, 5) is 16.1. The van der Waals surface area contributed by atoms with Gasteiger partial charge in [0.1, 0.15) is 11.4 Å².